The quantitative estimate of drug-likeness (QED) is 0.671. The second-order valence-corrected chi connectivity index (χ2v) is 7.15. The number of rotatable bonds is 3. The summed E-state index contributed by atoms with van der Waals surface area (Å²) in [6.45, 7) is 1.49. The van der Waals surface area contributed by atoms with Crippen molar-refractivity contribution >= 4 is 68.3 Å². The van der Waals surface area contributed by atoms with Gasteiger partial charge in [0.2, 0.25) is 5.91 Å². The highest BCUT2D eigenvalue weighted by atomic mass is 32.2. The number of carbonyl (C=O) groups is 2. The van der Waals surface area contributed by atoms with Gasteiger partial charge in [0.1, 0.15) is 4.32 Å². The van der Waals surface area contributed by atoms with E-state index in [0.717, 1.165) is 5.69 Å². The molecule has 5 nitrogen and oxygen atoms in total. The molecular formula is C15H11N3O2S3. The summed E-state index contributed by atoms with van der Waals surface area (Å²) in [7, 11) is 0. The van der Waals surface area contributed by atoms with E-state index in [4.69, 9.17) is 12.2 Å². The zero-order chi connectivity index (χ0) is 16.4. The number of hydrogen-bond donors (Lipinski definition) is 1. The molecule has 0 radical (unpaired) electrons. The van der Waals surface area contributed by atoms with Crippen molar-refractivity contribution in [2.75, 3.05) is 4.90 Å². The summed E-state index contributed by atoms with van der Waals surface area (Å²) < 4.78 is 0.436. The van der Waals surface area contributed by atoms with Gasteiger partial charge in [-0.25, -0.2) is 4.98 Å². The van der Waals surface area contributed by atoms with E-state index in [1.165, 1.54) is 30.0 Å². The van der Waals surface area contributed by atoms with Gasteiger partial charge in [-0.2, -0.15) is 0 Å². The summed E-state index contributed by atoms with van der Waals surface area (Å²) in [4.78, 5) is 30.2. The van der Waals surface area contributed by atoms with Crippen LogP contribution in [0.3, 0.4) is 0 Å². The van der Waals surface area contributed by atoms with E-state index < -0.39 is 0 Å². The van der Waals surface area contributed by atoms with Crippen molar-refractivity contribution in [1.29, 1.82) is 0 Å². The van der Waals surface area contributed by atoms with Gasteiger partial charge in [0.25, 0.3) is 5.91 Å². The van der Waals surface area contributed by atoms with E-state index in [9.17, 15) is 9.59 Å². The lowest BCUT2D eigenvalue weighted by Crippen LogP contribution is -2.22. The number of benzene rings is 1. The van der Waals surface area contributed by atoms with Crippen LogP contribution in [0.5, 0.6) is 0 Å². The molecule has 2 aromatic rings. The van der Waals surface area contributed by atoms with Crippen molar-refractivity contribution in [1.82, 2.24) is 10.3 Å². The molecule has 0 unspecified atom stereocenters. The first-order valence-corrected chi connectivity index (χ1v) is 8.71. The van der Waals surface area contributed by atoms with Crippen molar-refractivity contribution in [3.8, 4) is 0 Å². The van der Waals surface area contributed by atoms with Gasteiger partial charge in [-0.15, -0.1) is 11.3 Å². The molecule has 1 fully saturated rings. The molecule has 0 saturated carbocycles. The Labute approximate surface area is 146 Å². The fourth-order valence-electron chi connectivity index (χ4n) is 2.00. The first kappa shape index (κ1) is 15.9. The molecule has 23 heavy (non-hydrogen) atoms. The SMILES string of the molecule is CC(=O)N(c1ccccc1)c1nc(C=C2SC(=S)NC2=O)cs1. The number of thiazole rings is 1. The monoisotopic (exact) mass is 361 g/mol. The van der Waals surface area contributed by atoms with E-state index in [0.29, 0.717) is 20.1 Å². The van der Waals surface area contributed by atoms with Crippen LogP contribution in [-0.2, 0) is 9.59 Å². The minimum absolute atomic E-state index is 0.126. The van der Waals surface area contributed by atoms with Gasteiger partial charge in [-0.1, -0.05) is 42.2 Å². The Morgan fingerprint density at radius 2 is 2.09 bits per heavy atom. The van der Waals surface area contributed by atoms with Crippen LogP contribution in [0.1, 0.15) is 12.6 Å². The maximum Gasteiger partial charge on any atom is 0.263 e. The minimum atomic E-state index is -0.221. The maximum absolute atomic E-state index is 12.0. The zero-order valence-electron chi connectivity index (χ0n) is 12.0. The van der Waals surface area contributed by atoms with Gasteiger partial charge in [-0.3, -0.25) is 14.5 Å². The molecule has 0 atom stereocenters. The summed E-state index contributed by atoms with van der Waals surface area (Å²) in [6, 6.07) is 9.31. The highest BCUT2D eigenvalue weighted by Crippen LogP contribution is 2.31. The number of aromatic nitrogens is 1. The average Bonchev–Trinajstić information content (AvgIpc) is 3.07. The predicted molar refractivity (Wildman–Crippen MR) is 97.7 cm³/mol. The predicted octanol–water partition coefficient (Wildman–Crippen LogP) is 3.32. The number of anilines is 2. The van der Waals surface area contributed by atoms with Gasteiger partial charge >= 0.3 is 0 Å². The molecule has 1 aromatic heterocycles. The first-order valence-electron chi connectivity index (χ1n) is 6.61. The largest absolute Gasteiger partial charge is 0.307 e. The fraction of sp³-hybridized carbons (Fsp3) is 0.0667. The third-order valence-corrected chi connectivity index (χ3v) is 4.96. The topological polar surface area (TPSA) is 62.3 Å². The third-order valence-electron chi connectivity index (χ3n) is 2.95. The van der Waals surface area contributed by atoms with Crippen molar-refractivity contribution in [3.05, 3.63) is 46.3 Å². The smallest absolute Gasteiger partial charge is 0.263 e. The van der Waals surface area contributed by atoms with Gasteiger partial charge in [0, 0.05) is 12.3 Å². The molecule has 0 bridgehead atoms. The lowest BCUT2D eigenvalue weighted by Gasteiger charge is -2.17. The van der Waals surface area contributed by atoms with Crippen LogP contribution in [0.25, 0.3) is 6.08 Å². The Hall–Kier alpha value is -2.03. The summed E-state index contributed by atoms with van der Waals surface area (Å²) in [5.41, 5.74) is 1.37. The van der Waals surface area contributed by atoms with Crippen LogP contribution in [0.2, 0.25) is 0 Å². The molecule has 0 aliphatic carbocycles. The van der Waals surface area contributed by atoms with Gasteiger partial charge < -0.3 is 5.32 Å². The van der Waals surface area contributed by atoms with Crippen LogP contribution in [0.15, 0.2) is 40.6 Å². The van der Waals surface area contributed by atoms with Crippen LogP contribution in [0, 0.1) is 0 Å². The van der Waals surface area contributed by atoms with Crippen molar-refractivity contribution in [2.24, 2.45) is 0 Å². The summed E-state index contributed by atoms with van der Waals surface area (Å²) in [5, 5.41) is 4.92. The number of thioether (sulfide) groups is 1. The molecule has 1 aromatic carbocycles. The fourth-order valence-corrected chi connectivity index (χ4v) is 3.88. The molecule has 3 rings (SSSR count). The number of nitrogens with zero attached hydrogens (tertiary/aromatic N) is 2. The van der Waals surface area contributed by atoms with Crippen LogP contribution < -0.4 is 10.2 Å². The van der Waals surface area contributed by atoms with Gasteiger partial charge in [-0.05, 0) is 18.2 Å². The molecular weight excluding hydrogens is 350 g/mol. The molecule has 8 heteroatoms. The molecule has 1 aliphatic rings. The van der Waals surface area contributed by atoms with Crippen LogP contribution >= 0.6 is 35.3 Å². The molecule has 0 spiro atoms. The average molecular weight is 361 g/mol. The number of thiocarbonyl (C=S) groups is 1. The Balaban J connectivity index is 1.91. The lowest BCUT2D eigenvalue weighted by atomic mass is 10.3. The van der Waals surface area contributed by atoms with E-state index in [1.54, 1.807) is 16.4 Å². The second-order valence-electron chi connectivity index (χ2n) is 4.60. The normalized spacial score (nSPS) is 15.8. The Morgan fingerprint density at radius 1 is 1.35 bits per heavy atom. The molecule has 1 saturated heterocycles. The van der Waals surface area contributed by atoms with Crippen molar-refractivity contribution in [3.63, 3.8) is 0 Å². The van der Waals surface area contributed by atoms with E-state index in [-0.39, 0.29) is 11.8 Å². The van der Waals surface area contributed by atoms with Gasteiger partial charge in [0.15, 0.2) is 5.13 Å². The zero-order valence-corrected chi connectivity index (χ0v) is 14.4. The summed E-state index contributed by atoms with van der Waals surface area (Å²) in [6.07, 6.45) is 1.67. The minimum Gasteiger partial charge on any atom is -0.307 e. The number of para-hydroxylation sites is 1. The van der Waals surface area contributed by atoms with E-state index >= 15 is 0 Å². The van der Waals surface area contributed by atoms with Crippen molar-refractivity contribution < 1.29 is 9.59 Å². The summed E-state index contributed by atoms with van der Waals surface area (Å²) >= 11 is 7.50. The van der Waals surface area contributed by atoms with E-state index in [2.05, 4.69) is 10.3 Å². The molecule has 1 N–H and O–H groups in total. The maximum atomic E-state index is 12.0. The standard InChI is InChI=1S/C15H11N3O2S3/c1-9(19)18(11-5-3-2-4-6-11)14-16-10(8-22-14)7-12-13(20)17-15(21)23-12/h2-8H,1H3,(H,17,20,21). The van der Waals surface area contributed by atoms with Crippen molar-refractivity contribution in [2.45, 2.75) is 6.92 Å². The molecule has 2 heterocycles. The number of carbonyl (C=O) groups excluding carboxylic acids is 2. The van der Waals surface area contributed by atoms with Crippen LogP contribution in [0.4, 0.5) is 10.8 Å². The molecule has 1 aliphatic heterocycles. The number of amides is 2. The van der Waals surface area contributed by atoms with Gasteiger partial charge in [0.05, 0.1) is 16.3 Å². The highest BCUT2D eigenvalue weighted by molar-refractivity contribution is 8.26. The Bertz CT molecular complexity index is 814. The molecule has 116 valence electrons. The Kier molecular flexibility index (Phi) is 4.56. The third kappa shape index (κ3) is 3.49. The van der Waals surface area contributed by atoms with E-state index in [1.807, 2.05) is 30.3 Å². The summed E-state index contributed by atoms with van der Waals surface area (Å²) in [5.74, 6) is -0.347. The number of nitrogens with one attached hydrogen (secondary N) is 1. The lowest BCUT2D eigenvalue weighted by molar-refractivity contribution is -0.116. The van der Waals surface area contributed by atoms with Crippen LogP contribution in [-0.4, -0.2) is 21.1 Å². The second kappa shape index (κ2) is 6.61. The number of hydrogen-bond acceptors (Lipinski definition) is 6. The Morgan fingerprint density at radius 3 is 2.70 bits per heavy atom. The molecule has 2 amide bonds. The first-order chi connectivity index (χ1) is 11.0. The highest BCUT2D eigenvalue weighted by Gasteiger charge is 2.23.